The molecule has 0 bridgehead atoms. The molecule has 0 aliphatic heterocycles. The fraction of sp³-hybridized carbons (Fsp3) is 0.200. The molecule has 0 fully saturated rings. The normalized spacial score (nSPS) is 11.7. The van der Waals surface area contributed by atoms with E-state index in [1.165, 1.54) is 0 Å². The summed E-state index contributed by atoms with van der Waals surface area (Å²) in [5.41, 5.74) is 1.28. The predicted molar refractivity (Wildman–Crippen MR) is 81.8 cm³/mol. The number of aromatic amines is 1. The first-order chi connectivity index (χ1) is 10.1. The molecule has 0 spiro atoms. The van der Waals surface area contributed by atoms with Crippen LogP contribution in [0.4, 0.5) is 0 Å². The zero-order valence-electron chi connectivity index (χ0n) is 11.4. The van der Waals surface area contributed by atoms with Gasteiger partial charge in [0, 0.05) is 10.7 Å². The van der Waals surface area contributed by atoms with Gasteiger partial charge in [0.05, 0.1) is 6.04 Å². The molecule has 6 heteroatoms. The van der Waals surface area contributed by atoms with Crippen molar-refractivity contribution in [1.29, 1.82) is 0 Å². The highest BCUT2D eigenvalue weighted by atomic mass is 79.9. The lowest BCUT2D eigenvalue weighted by atomic mass is 10.1. The van der Waals surface area contributed by atoms with Gasteiger partial charge >= 0.3 is 5.97 Å². The maximum atomic E-state index is 11.8. The molecule has 1 heterocycles. The van der Waals surface area contributed by atoms with Gasteiger partial charge in [0.25, 0.3) is 5.91 Å². The summed E-state index contributed by atoms with van der Waals surface area (Å²) in [7, 11) is 0. The Morgan fingerprint density at radius 2 is 2.05 bits per heavy atom. The Morgan fingerprint density at radius 3 is 2.71 bits per heavy atom. The van der Waals surface area contributed by atoms with Crippen molar-refractivity contribution >= 4 is 27.8 Å². The third kappa shape index (κ3) is 4.19. The van der Waals surface area contributed by atoms with E-state index in [4.69, 9.17) is 4.74 Å². The number of esters is 1. The molecule has 2 N–H and O–H groups in total. The van der Waals surface area contributed by atoms with Crippen molar-refractivity contribution in [3.8, 4) is 0 Å². The van der Waals surface area contributed by atoms with Crippen LogP contribution in [-0.2, 0) is 9.53 Å². The van der Waals surface area contributed by atoms with Crippen molar-refractivity contribution in [2.75, 3.05) is 6.61 Å². The highest BCUT2D eigenvalue weighted by molar-refractivity contribution is 9.10. The number of hydrogen-bond donors (Lipinski definition) is 2. The maximum Gasteiger partial charge on any atom is 0.355 e. The first-order valence-electron chi connectivity index (χ1n) is 6.42. The largest absolute Gasteiger partial charge is 0.451 e. The van der Waals surface area contributed by atoms with E-state index < -0.39 is 5.97 Å². The highest BCUT2D eigenvalue weighted by Crippen LogP contribution is 2.22. The lowest BCUT2D eigenvalue weighted by molar-refractivity contribution is -0.124. The molecule has 2 rings (SSSR count). The predicted octanol–water partition coefficient (Wildman–Crippen LogP) is 2.81. The van der Waals surface area contributed by atoms with Crippen LogP contribution < -0.4 is 5.32 Å². The van der Waals surface area contributed by atoms with Crippen molar-refractivity contribution in [3.05, 3.63) is 58.3 Å². The molecule has 1 aromatic heterocycles. The van der Waals surface area contributed by atoms with Crippen LogP contribution in [0.2, 0.25) is 0 Å². The van der Waals surface area contributed by atoms with Gasteiger partial charge in [-0.05, 0) is 30.7 Å². The van der Waals surface area contributed by atoms with Crippen LogP contribution in [0.15, 0.2) is 47.1 Å². The van der Waals surface area contributed by atoms with Crippen molar-refractivity contribution in [2.24, 2.45) is 0 Å². The van der Waals surface area contributed by atoms with Crippen LogP contribution in [0.3, 0.4) is 0 Å². The summed E-state index contributed by atoms with van der Waals surface area (Å²) in [6.07, 6.45) is 1.62. The maximum absolute atomic E-state index is 11.8. The van der Waals surface area contributed by atoms with E-state index in [1.54, 1.807) is 18.3 Å². The summed E-state index contributed by atoms with van der Waals surface area (Å²) in [6, 6.07) is 10.7. The van der Waals surface area contributed by atoms with E-state index in [-0.39, 0.29) is 18.6 Å². The third-order valence-corrected chi connectivity index (χ3v) is 3.62. The van der Waals surface area contributed by atoms with Gasteiger partial charge in [-0.1, -0.05) is 34.1 Å². The number of rotatable bonds is 5. The van der Waals surface area contributed by atoms with Gasteiger partial charge in [0.2, 0.25) is 0 Å². The van der Waals surface area contributed by atoms with Gasteiger partial charge in [-0.2, -0.15) is 0 Å². The third-order valence-electron chi connectivity index (χ3n) is 2.90. The van der Waals surface area contributed by atoms with Crippen LogP contribution >= 0.6 is 15.9 Å². The molecule has 1 atom stereocenters. The summed E-state index contributed by atoms with van der Waals surface area (Å²) in [6.45, 7) is 1.55. The van der Waals surface area contributed by atoms with E-state index in [0.29, 0.717) is 5.69 Å². The second kappa shape index (κ2) is 7.08. The number of halogens is 1. The highest BCUT2D eigenvalue weighted by Gasteiger charge is 2.14. The van der Waals surface area contributed by atoms with Gasteiger partial charge in [-0.3, -0.25) is 4.79 Å². The number of H-pyrrole nitrogens is 1. The molecule has 21 heavy (non-hydrogen) atoms. The Balaban J connectivity index is 1.85. The Labute approximate surface area is 130 Å². The molecule has 1 amide bonds. The molecule has 0 aliphatic carbocycles. The minimum Gasteiger partial charge on any atom is -0.451 e. The van der Waals surface area contributed by atoms with Gasteiger partial charge < -0.3 is 15.0 Å². The monoisotopic (exact) mass is 350 g/mol. The molecule has 0 radical (unpaired) electrons. The minimum atomic E-state index is -0.552. The Hall–Kier alpha value is -2.08. The lowest BCUT2D eigenvalue weighted by Crippen LogP contribution is -2.31. The van der Waals surface area contributed by atoms with E-state index in [9.17, 15) is 9.59 Å². The fourth-order valence-corrected chi connectivity index (χ4v) is 2.48. The number of carbonyl (C=O) groups is 2. The molecular formula is C15H15BrN2O3. The number of amides is 1. The molecule has 5 nitrogen and oxygen atoms in total. The Bertz CT molecular complexity index is 626. The molecule has 0 saturated heterocycles. The molecular weight excluding hydrogens is 336 g/mol. The van der Waals surface area contributed by atoms with E-state index >= 15 is 0 Å². The smallest absolute Gasteiger partial charge is 0.355 e. The van der Waals surface area contributed by atoms with E-state index in [1.807, 2.05) is 31.2 Å². The van der Waals surface area contributed by atoms with Crippen molar-refractivity contribution in [2.45, 2.75) is 13.0 Å². The number of hydrogen-bond acceptors (Lipinski definition) is 3. The number of aromatic nitrogens is 1. The summed E-state index contributed by atoms with van der Waals surface area (Å²) in [4.78, 5) is 26.1. The molecule has 0 saturated carbocycles. The topological polar surface area (TPSA) is 71.2 Å². The first-order valence-corrected chi connectivity index (χ1v) is 7.21. The van der Waals surface area contributed by atoms with Crippen molar-refractivity contribution in [3.63, 3.8) is 0 Å². The molecule has 110 valence electrons. The SMILES string of the molecule is C[C@@H](NC(=O)COC(=O)c1ccc[nH]1)c1ccccc1Br. The Kier molecular flexibility index (Phi) is 5.16. The van der Waals surface area contributed by atoms with E-state index in [2.05, 4.69) is 26.2 Å². The summed E-state index contributed by atoms with van der Waals surface area (Å²) in [5.74, 6) is -0.901. The second-order valence-corrected chi connectivity index (χ2v) is 5.32. The summed E-state index contributed by atoms with van der Waals surface area (Å²) >= 11 is 3.43. The van der Waals surface area contributed by atoms with Gasteiger partial charge in [-0.15, -0.1) is 0 Å². The zero-order valence-corrected chi connectivity index (χ0v) is 13.0. The molecule has 0 unspecified atom stereocenters. The minimum absolute atomic E-state index is 0.183. The molecule has 1 aromatic carbocycles. The fourth-order valence-electron chi connectivity index (χ4n) is 1.85. The Morgan fingerprint density at radius 1 is 1.29 bits per heavy atom. The van der Waals surface area contributed by atoms with Crippen molar-refractivity contribution < 1.29 is 14.3 Å². The number of carbonyl (C=O) groups excluding carboxylic acids is 2. The van der Waals surface area contributed by atoms with Crippen LogP contribution in [-0.4, -0.2) is 23.5 Å². The lowest BCUT2D eigenvalue weighted by Gasteiger charge is -2.15. The van der Waals surface area contributed by atoms with Gasteiger partial charge in [-0.25, -0.2) is 4.79 Å². The van der Waals surface area contributed by atoms with Gasteiger partial charge in [0.15, 0.2) is 6.61 Å². The zero-order chi connectivity index (χ0) is 15.2. The van der Waals surface area contributed by atoms with Crippen LogP contribution in [0.25, 0.3) is 0 Å². The average molecular weight is 351 g/mol. The number of benzene rings is 1. The van der Waals surface area contributed by atoms with Gasteiger partial charge in [0.1, 0.15) is 5.69 Å². The van der Waals surface area contributed by atoms with Crippen LogP contribution in [0, 0.1) is 0 Å². The standard InChI is InChI=1S/C15H15BrN2O3/c1-10(11-5-2-3-6-12(11)16)18-14(19)9-21-15(20)13-7-4-8-17-13/h2-8,10,17H,9H2,1H3,(H,18,19)/t10-/m1/s1. The first kappa shape index (κ1) is 15.3. The summed E-state index contributed by atoms with van der Waals surface area (Å²) in [5, 5.41) is 2.78. The van der Waals surface area contributed by atoms with Crippen LogP contribution in [0.5, 0.6) is 0 Å². The van der Waals surface area contributed by atoms with Crippen LogP contribution in [0.1, 0.15) is 29.0 Å². The number of nitrogens with one attached hydrogen (secondary N) is 2. The summed E-state index contributed by atoms with van der Waals surface area (Å²) < 4.78 is 5.84. The quantitative estimate of drug-likeness (QED) is 0.814. The average Bonchev–Trinajstić information content (AvgIpc) is 2.99. The molecule has 2 aromatic rings. The molecule has 0 aliphatic rings. The second-order valence-electron chi connectivity index (χ2n) is 4.47. The van der Waals surface area contributed by atoms with Crippen molar-refractivity contribution in [1.82, 2.24) is 10.3 Å². The van der Waals surface area contributed by atoms with E-state index in [0.717, 1.165) is 10.0 Å². The number of ether oxygens (including phenoxy) is 1.